The summed E-state index contributed by atoms with van der Waals surface area (Å²) in [5.74, 6) is 0.869. The highest BCUT2D eigenvalue weighted by molar-refractivity contribution is 9.10. The van der Waals surface area contributed by atoms with E-state index in [-0.39, 0.29) is 6.04 Å². The summed E-state index contributed by atoms with van der Waals surface area (Å²) in [7, 11) is 1.69. The first kappa shape index (κ1) is 15.0. The Bertz CT molecular complexity index is 560. The van der Waals surface area contributed by atoms with Gasteiger partial charge in [0.15, 0.2) is 0 Å². The number of hydrogen-bond acceptors (Lipinski definition) is 3. The topological polar surface area (TPSA) is 34.2 Å². The van der Waals surface area contributed by atoms with Gasteiger partial charge >= 0.3 is 0 Å². The number of benzene rings is 1. The van der Waals surface area contributed by atoms with E-state index < -0.39 is 0 Å². The predicted octanol–water partition coefficient (Wildman–Crippen LogP) is 3.94. The summed E-state index contributed by atoms with van der Waals surface area (Å²) < 4.78 is 6.30. The van der Waals surface area contributed by atoms with E-state index in [1.165, 1.54) is 5.56 Å². The molecule has 20 heavy (non-hydrogen) atoms. The second-order valence-corrected chi connectivity index (χ2v) is 5.52. The third-order valence-electron chi connectivity index (χ3n) is 3.08. The lowest BCUT2D eigenvalue weighted by Crippen LogP contribution is -2.23. The zero-order valence-corrected chi connectivity index (χ0v) is 13.4. The molecule has 1 N–H and O–H groups in total. The van der Waals surface area contributed by atoms with Crippen molar-refractivity contribution in [1.29, 1.82) is 0 Å². The third kappa shape index (κ3) is 3.81. The third-order valence-corrected chi connectivity index (χ3v) is 3.52. The van der Waals surface area contributed by atoms with Gasteiger partial charge in [0, 0.05) is 16.9 Å². The number of aromatic nitrogens is 1. The molecule has 1 unspecified atom stereocenters. The first-order valence-corrected chi connectivity index (χ1v) is 7.51. The molecule has 0 radical (unpaired) electrons. The number of halogens is 1. The first-order valence-electron chi connectivity index (χ1n) is 6.72. The van der Waals surface area contributed by atoms with Crippen molar-refractivity contribution in [3.63, 3.8) is 0 Å². The van der Waals surface area contributed by atoms with E-state index in [9.17, 15) is 0 Å². The Hall–Kier alpha value is -1.39. The average molecular weight is 335 g/mol. The number of hydrogen-bond donors (Lipinski definition) is 1. The van der Waals surface area contributed by atoms with Crippen molar-refractivity contribution < 1.29 is 4.74 Å². The van der Waals surface area contributed by atoms with E-state index in [1.54, 1.807) is 13.3 Å². The lowest BCUT2D eigenvalue weighted by molar-refractivity contribution is 0.413. The number of nitrogens with zero attached hydrogens (tertiary/aromatic N) is 1. The molecule has 0 saturated carbocycles. The van der Waals surface area contributed by atoms with Crippen LogP contribution in [0.15, 0.2) is 47.2 Å². The van der Waals surface area contributed by atoms with Gasteiger partial charge in [-0.3, -0.25) is 4.98 Å². The minimum Gasteiger partial charge on any atom is -0.497 e. The molecule has 0 saturated heterocycles. The van der Waals surface area contributed by atoms with Gasteiger partial charge in [0.2, 0.25) is 0 Å². The summed E-state index contributed by atoms with van der Waals surface area (Å²) in [6.45, 7) is 3.11. The van der Waals surface area contributed by atoms with Gasteiger partial charge in [-0.2, -0.15) is 0 Å². The van der Waals surface area contributed by atoms with Crippen molar-refractivity contribution in [3.8, 4) is 5.75 Å². The van der Waals surface area contributed by atoms with Crippen LogP contribution in [0.25, 0.3) is 0 Å². The molecule has 1 heterocycles. The molecule has 1 aromatic carbocycles. The summed E-state index contributed by atoms with van der Waals surface area (Å²) in [5.41, 5.74) is 2.32. The lowest BCUT2D eigenvalue weighted by Gasteiger charge is -2.20. The van der Waals surface area contributed by atoms with Gasteiger partial charge in [-0.15, -0.1) is 0 Å². The Morgan fingerprint density at radius 3 is 2.80 bits per heavy atom. The maximum atomic E-state index is 5.32. The SMILES string of the molecule is CCCNC(c1cncc(Br)c1)c1cccc(OC)c1. The van der Waals surface area contributed by atoms with E-state index in [1.807, 2.05) is 18.3 Å². The molecular weight excluding hydrogens is 316 g/mol. The molecule has 2 rings (SSSR count). The molecule has 0 aliphatic carbocycles. The fourth-order valence-corrected chi connectivity index (χ4v) is 2.51. The molecule has 3 nitrogen and oxygen atoms in total. The summed E-state index contributed by atoms with van der Waals surface area (Å²) in [5, 5.41) is 3.56. The molecule has 0 aliphatic heterocycles. The van der Waals surface area contributed by atoms with Crippen molar-refractivity contribution >= 4 is 15.9 Å². The monoisotopic (exact) mass is 334 g/mol. The normalized spacial score (nSPS) is 12.2. The Labute approximate surface area is 128 Å². The highest BCUT2D eigenvalue weighted by atomic mass is 79.9. The Morgan fingerprint density at radius 2 is 2.10 bits per heavy atom. The molecule has 0 aliphatic rings. The minimum absolute atomic E-state index is 0.120. The van der Waals surface area contributed by atoms with Crippen LogP contribution in [-0.2, 0) is 0 Å². The van der Waals surface area contributed by atoms with E-state index in [0.29, 0.717) is 0 Å². The predicted molar refractivity (Wildman–Crippen MR) is 85.1 cm³/mol. The van der Waals surface area contributed by atoms with E-state index in [0.717, 1.165) is 28.8 Å². The van der Waals surface area contributed by atoms with Crippen LogP contribution in [0.2, 0.25) is 0 Å². The van der Waals surface area contributed by atoms with Crippen molar-refractivity contribution in [2.75, 3.05) is 13.7 Å². The highest BCUT2D eigenvalue weighted by Gasteiger charge is 2.14. The van der Waals surface area contributed by atoms with Crippen LogP contribution in [0.5, 0.6) is 5.75 Å². The molecule has 106 valence electrons. The quantitative estimate of drug-likeness (QED) is 0.868. The number of rotatable bonds is 6. The van der Waals surface area contributed by atoms with Crippen LogP contribution in [0.1, 0.15) is 30.5 Å². The maximum Gasteiger partial charge on any atom is 0.119 e. The summed E-state index contributed by atoms with van der Waals surface area (Å²) in [6, 6.07) is 10.4. The average Bonchev–Trinajstić information content (AvgIpc) is 2.48. The zero-order chi connectivity index (χ0) is 14.4. The molecule has 0 amide bonds. The van der Waals surface area contributed by atoms with Crippen molar-refractivity contribution in [2.45, 2.75) is 19.4 Å². The van der Waals surface area contributed by atoms with E-state index in [4.69, 9.17) is 4.74 Å². The highest BCUT2D eigenvalue weighted by Crippen LogP contribution is 2.26. The zero-order valence-electron chi connectivity index (χ0n) is 11.8. The van der Waals surface area contributed by atoms with Gasteiger partial charge in [0.1, 0.15) is 5.75 Å². The van der Waals surface area contributed by atoms with Crippen molar-refractivity contribution in [2.24, 2.45) is 0 Å². The molecule has 2 aromatic rings. The van der Waals surface area contributed by atoms with Crippen LogP contribution in [0.3, 0.4) is 0 Å². The smallest absolute Gasteiger partial charge is 0.119 e. The molecule has 0 bridgehead atoms. The number of methoxy groups -OCH3 is 1. The minimum atomic E-state index is 0.120. The van der Waals surface area contributed by atoms with Gasteiger partial charge in [-0.25, -0.2) is 0 Å². The van der Waals surface area contributed by atoms with E-state index >= 15 is 0 Å². The molecule has 1 atom stereocenters. The fourth-order valence-electron chi connectivity index (χ4n) is 2.12. The van der Waals surface area contributed by atoms with E-state index in [2.05, 4.69) is 51.4 Å². The van der Waals surface area contributed by atoms with Gasteiger partial charge in [0.05, 0.1) is 13.2 Å². The Balaban J connectivity index is 2.35. The molecule has 0 fully saturated rings. The Kier molecular flexibility index (Phi) is 5.56. The van der Waals surface area contributed by atoms with Gasteiger partial charge in [-0.05, 0) is 58.2 Å². The van der Waals surface area contributed by atoms with Crippen LogP contribution >= 0.6 is 15.9 Å². The summed E-state index contributed by atoms with van der Waals surface area (Å²) >= 11 is 3.48. The standard InChI is InChI=1S/C16H19BrN2O/c1-3-7-19-16(13-8-14(17)11-18-10-13)12-5-4-6-15(9-12)20-2/h4-6,8-11,16,19H,3,7H2,1-2H3. The van der Waals surface area contributed by atoms with Crippen LogP contribution < -0.4 is 10.1 Å². The molecule has 1 aromatic heterocycles. The van der Waals surface area contributed by atoms with Crippen molar-refractivity contribution in [3.05, 3.63) is 58.3 Å². The molecule has 0 spiro atoms. The lowest BCUT2D eigenvalue weighted by atomic mass is 10.00. The van der Waals surface area contributed by atoms with Gasteiger partial charge in [0.25, 0.3) is 0 Å². The second-order valence-electron chi connectivity index (χ2n) is 4.60. The van der Waals surface area contributed by atoms with Crippen LogP contribution in [0, 0.1) is 0 Å². The van der Waals surface area contributed by atoms with Crippen LogP contribution in [0.4, 0.5) is 0 Å². The summed E-state index contributed by atoms with van der Waals surface area (Å²) in [4.78, 5) is 4.26. The maximum absolute atomic E-state index is 5.32. The van der Waals surface area contributed by atoms with Gasteiger partial charge in [-0.1, -0.05) is 19.1 Å². The van der Waals surface area contributed by atoms with Crippen molar-refractivity contribution in [1.82, 2.24) is 10.3 Å². The second kappa shape index (κ2) is 7.41. The largest absolute Gasteiger partial charge is 0.497 e. The molecular formula is C16H19BrN2O. The molecule has 4 heteroatoms. The number of pyridine rings is 1. The number of ether oxygens (including phenoxy) is 1. The number of nitrogens with one attached hydrogen (secondary N) is 1. The van der Waals surface area contributed by atoms with Gasteiger partial charge < -0.3 is 10.1 Å². The Morgan fingerprint density at radius 1 is 1.25 bits per heavy atom. The fraction of sp³-hybridized carbons (Fsp3) is 0.312. The first-order chi connectivity index (χ1) is 9.74. The van der Waals surface area contributed by atoms with Crippen LogP contribution in [-0.4, -0.2) is 18.6 Å². The summed E-state index contributed by atoms with van der Waals surface area (Å²) in [6.07, 6.45) is 4.78.